The van der Waals surface area contributed by atoms with Gasteiger partial charge in [0.15, 0.2) is 0 Å². The predicted octanol–water partition coefficient (Wildman–Crippen LogP) is 2.91. The van der Waals surface area contributed by atoms with Crippen LogP contribution in [-0.2, 0) is 22.9 Å². The van der Waals surface area contributed by atoms with Gasteiger partial charge in [-0.05, 0) is 63.3 Å². The largest absolute Gasteiger partial charge is 0.389 e. The van der Waals surface area contributed by atoms with Crippen molar-refractivity contribution in [3.8, 4) is 0 Å². The quantitative estimate of drug-likeness (QED) is 0.883. The molecule has 2 aromatic rings. The van der Waals surface area contributed by atoms with Gasteiger partial charge in [0.1, 0.15) is 0 Å². The summed E-state index contributed by atoms with van der Waals surface area (Å²) in [6, 6.07) is 5.76. The lowest BCUT2D eigenvalue weighted by Crippen LogP contribution is -2.42. The summed E-state index contributed by atoms with van der Waals surface area (Å²) in [5, 5.41) is 12.0. The molecule has 0 unspecified atom stereocenters. The van der Waals surface area contributed by atoms with E-state index in [-0.39, 0.29) is 10.9 Å². The zero-order valence-corrected chi connectivity index (χ0v) is 15.7. The Labute approximate surface area is 147 Å². The second-order valence-electron chi connectivity index (χ2n) is 6.89. The molecule has 3 rings (SSSR count). The molecular weight excluding hydrogens is 344 g/mol. The van der Waals surface area contributed by atoms with Crippen LogP contribution >= 0.6 is 11.3 Å². The molecule has 1 aliphatic carbocycles. The second kappa shape index (κ2) is 6.13. The summed E-state index contributed by atoms with van der Waals surface area (Å²) in [6.07, 6.45) is 3.11. The van der Waals surface area contributed by atoms with E-state index in [2.05, 4.69) is 4.98 Å². The maximum absolute atomic E-state index is 13.1. The SMILES string of the molecule is Cc1csc(S(=O)(=O)N(CC(C)(C)O)c2ccc3c(c2)CCC3)n1. The minimum atomic E-state index is -3.80. The Morgan fingerprint density at radius 3 is 2.62 bits per heavy atom. The molecule has 1 aromatic heterocycles. The van der Waals surface area contributed by atoms with E-state index >= 15 is 0 Å². The van der Waals surface area contributed by atoms with Crippen LogP contribution in [0.4, 0.5) is 5.69 Å². The molecule has 0 aliphatic heterocycles. The number of anilines is 1. The number of thiazole rings is 1. The molecule has 1 N–H and O–H groups in total. The molecule has 0 radical (unpaired) electrons. The Hall–Kier alpha value is -1.44. The van der Waals surface area contributed by atoms with Gasteiger partial charge in [-0.1, -0.05) is 6.07 Å². The third-order valence-corrected chi connectivity index (χ3v) is 7.13. The fraction of sp³-hybridized carbons (Fsp3) is 0.471. The maximum atomic E-state index is 13.1. The minimum Gasteiger partial charge on any atom is -0.389 e. The lowest BCUT2D eigenvalue weighted by atomic mass is 10.1. The van der Waals surface area contributed by atoms with Crippen molar-refractivity contribution in [2.24, 2.45) is 0 Å². The lowest BCUT2D eigenvalue weighted by Gasteiger charge is -2.29. The average Bonchev–Trinajstić information content (AvgIpc) is 3.11. The van der Waals surface area contributed by atoms with Gasteiger partial charge in [-0.2, -0.15) is 8.42 Å². The highest BCUT2D eigenvalue weighted by Crippen LogP contribution is 2.31. The number of aromatic nitrogens is 1. The van der Waals surface area contributed by atoms with Crippen LogP contribution in [0, 0.1) is 6.92 Å². The number of benzene rings is 1. The van der Waals surface area contributed by atoms with Crippen LogP contribution in [-0.4, -0.2) is 30.7 Å². The summed E-state index contributed by atoms with van der Waals surface area (Å²) in [4.78, 5) is 4.14. The molecule has 24 heavy (non-hydrogen) atoms. The Balaban J connectivity index is 2.07. The Kier molecular flexibility index (Phi) is 4.44. The summed E-state index contributed by atoms with van der Waals surface area (Å²) in [7, 11) is -3.80. The first-order valence-corrected chi connectivity index (χ1v) is 10.3. The molecule has 0 bridgehead atoms. The van der Waals surface area contributed by atoms with Gasteiger partial charge in [-0.3, -0.25) is 4.31 Å². The normalized spacial score (nSPS) is 14.7. The van der Waals surface area contributed by atoms with E-state index in [0.717, 1.165) is 30.6 Å². The highest BCUT2D eigenvalue weighted by Gasteiger charge is 2.32. The van der Waals surface area contributed by atoms with E-state index in [9.17, 15) is 13.5 Å². The molecule has 0 fully saturated rings. The molecule has 7 heteroatoms. The number of rotatable bonds is 5. The molecule has 0 spiro atoms. The summed E-state index contributed by atoms with van der Waals surface area (Å²) >= 11 is 1.11. The lowest BCUT2D eigenvalue weighted by molar-refractivity contribution is 0.0909. The zero-order chi connectivity index (χ0) is 17.5. The smallest absolute Gasteiger partial charge is 0.291 e. The highest BCUT2D eigenvalue weighted by molar-refractivity contribution is 7.94. The van der Waals surface area contributed by atoms with Crippen LogP contribution in [0.3, 0.4) is 0 Å². The number of aryl methyl sites for hydroxylation is 3. The van der Waals surface area contributed by atoms with E-state index in [1.165, 1.54) is 15.4 Å². The molecular formula is C17H22N2O3S2. The van der Waals surface area contributed by atoms with Crippen molar-refractivity contribution in [2.75, 3.05) is 10.8 Å². The summed E-state index contributed by atoms with van der Waals surface area (Å²) < 4.78 is 27.5. The number of sulfonamides is 1. The van der Waals surface area contributed by atoms with Crippen molar-refractivity contribution in [3.63, 3.8) is 0 Å². The van der Waals surface area contributed by atoms with Gasteiger partial charge in [-0.25, -0.2) is 4.98 Å². The molecule has 0 saturated carbocycles. The van der Waals surface area contributed by atoms with Gasteiger partial charge in [-0.15, -0.1) is 11.3 Å². The predicted molar refractivity (Wildman–Crippen MR) is 96.1 cm³/mol. The monoisotopic (exact) mass is 366 g/mol. The average molecular weight is 367 g/mol. The Bertz CT molecular complexity index is 851. The first-order chi connectivity index (χ1) is 11.2. The van der Waals surface area contributed by atoms with Crippen LogP contribution in [0.15, 0.2) is 27.9 Å². The highest BCUT2D eigenvalue weighted by atomic mass is 32.2. The van der Waals surface area contributed by atoms with Gasteiger partial charge >= 0.3 is 0 Å². The van der Waals surface area contributed by atoms with Gasteiger partial charge in [0.25, 0.3) is 10.0 Å². The van der Waals surface area contributed by atoms with E-state index < -0.39 is 15.6 Å². The third-order valence-electron chi connectivity index (χ3n) is 4.01. The van der Waals surface area contributed by atoms with Crippen molar-refractivity contribution in [1.82, 2.24) is 4.98 Å². The molecule has 130 valence electrons. The standard InChI is InChI=1S/C17H22N2O3S2/c1-12-10-23-16(18-12)24(21,22)19(11-17(2,3)20)15-8-7-13-5-4-6-14(13)9-15/h7-10,20H,4-6,11H2,1-3H3. The Morgan fingerprint density at radius 1 is 1.29 bits per heavy atom. The number of aliphatic hydroxyl groups is 1. The zero-order valence-electron chi connectivity index (χ0n) is 14.1. The number of hydrogen-bond acceptors (Lipinski definition) is 5. The van der Waals surface area contributed by atoms with Gasteiger partial charge in [0, 0.05) is 11.1 Å². The molecule has 1 aliphatic rings. The number of fused-ring (bicyclic) bond motifs is 1. The molecule has 1 heterocycles. The fourth-order valence-corrected chi connectivity index (χ4v) is 5.67. The van der Waals surface area contributed by atoms with Crippen molar-refractivity contribution < 1.29 is 13.5 Å². The number of hydrogen-bond donors (Lipinski definition) is 1. The van der Waals surface area contributed by atoms with Crippen LogP contribution < -0.4 is 4.31 Å². The van der Waals surface area contributed by atoms with E-state index in [0.29, 0.717) is 11.4 Å². The summed E-state index contributed by atoms with van der Waals surface area (Å²) in [5.74, 6) is 0. The summed E-state index contributed by atoms with van der Waals surface area (Å²) in [5.41, 5.74) is 2.59. The van der Waals surface area contributed by atoms with Gasteiger partial charge in [0.05, 0.1) is 17.8 Å². The third kappa shape index (κ3) is 3.48. The van der Waals surface area contributed by atoms with E-state index in [4.69, 9.17) is 0 Å². The van der Waals surface area contributed by atoms with Crippen molar-refractivity contribution in [3.05, 3.63) is 40.4 Å². The van der Waals surface area contributed by atoms with Crippen LogP contribution in [0.25, 0.3) is 0 Å². The minimum absolute atomic E-state index is 0.0211. The topological polar surface area (TPSA) is 70.5 Å². The van der Waals surface area contributed by atoms with Gasteiger partial charge < -0.3 is 5.11 Å². The van der Waals surface area contributed by atoms with E-state index in [1.54, 1.807) is 26.2 Å². The Morgan fingerprint density at radius 2 is 2.00 bits per heavy atom. The molecule has 0 atom stereocenters. The van der Waals surface area contributed by atoms with Crippen molar-refractivity contribution >= 4 is 27.0 Å². The first kappa shape index (κ1) is 17.4. The van der Waals surface area contributed by atoms with Crippen molar-refractivity contribution in [1.29, 1.82) is 0 Å². The number of nitrogens with zero attached hydrogens (tertiary/aromatic N) is 2. The van der Waals surface area contributed by atoms with Crippen molar-refractivity contribution in [2.45, 2.75) is 50.0 Å². The van der Waals surface area contributed by atoms with Crippen LogP contribution in [0.1, 0.15) is 37.1 Å². The molecule has 5 nitrogen and oxygen atoms in total. The molecule has 0 saturated heterocycles. The second-order valence-corrected chi connectivity index (χ2v) is 9.78. The van der Waals surface area contributed by atoms with E-state index in [1.807, 2.05) is 18.2 Å². The fourth-order valence-electron chi connectivity index (χ4n) is 2.92. The van der Waals surface area contributed by atoms with Gasteiger partial charge in [0.2, 0.25) is 4.34 Å². The van der Waals surface area contributed by atoms with Crippen LogP contribution in [0.2, 0.25) is 0 Å². The first-order valence-electron chi connectivity index (χ1n) is 7.96. The maximum Gasteiger partial charge on any atom is 0.291 e. The molecule has 1 aromatic carbocycles. The molecule has 0 amide bonds. The van der Waals surface area contributed by atoms with Crippen LogP contribution in [0.5, 0.6) is 0 Å². The summed E-state index contributed by atoms with van der Waals surface area (Å²) in [6.45, 7) is 4.96.